The quantitative estimate of drug-likeness (QED) is 0.865. The number of piperidine rings is 1. The average Bonchev–Trinajstić information content (AvgIpc) is 2.89. The van der Waals surface area contributed by atoms with Crippen LogP contribution in [0.15, 0.2) is 6.07 Å². The van der Waals surface area contributed by atoms with Gasteiger partial charge in [-0.1, -0.05) is 19.3 Å². The van der Waals surface area contributed by atoms with Crippen LogP contribution in [0.1, 0.15) is 72.7 Å². The summed E-state index contributed by atoms with van der Waals surface area (Å²) in [4.78, 5) is 12.6. The van der Waals surface area contributed by atoms with Crippen LogP contribution in [0.2, 0.25) is 0 Å². The molecule has 1 saturated heterocycles. The van der Waals surface area contributed by atoms with Gasteiger partial charge in [-0.15, -0.1) is 12.4 Å². The van der Waals surface area contributed by atoms with Crippen molar-refractivity contribution in [1.29, 1.82) is 0 Å². The molecule has 2 fully saturated rings. The molecule has 1 aliphatic heterocycles. The summed E-state index contributed by atoms with van der Waals surface area (Å²) >= 11 is 0. The molecular formula is C19H32ClN3O. The maximum Gasteiger partial charge on any atom is 0.253 e. The van der Waals surface area contributed by atoms with E-state index < -0.39 is 0 Å². The molecule has 1 unspecified atom stereocenters. The molecule has 1 aromatic heterocycles. The Labute approximate surface area is 152 Å². The van der Waals surface area contributed by atoms with Crippen molar-refractivity contribution in [3.8, 4) is 0 Å². The number of nitrogens with zero attached hydrogens (tertiary/aromatic N) is 1. The van der Waals surface area contributed by atoms with Crippen LogP contribution in [0.5, 0.6) is 0 Å². The van der Waals surface area contributed by atoms with Crippen LogP contribution in [0.25, 0.3) is 0 Å². The van der Waals surface area contributed by atoms with Crippen LogP contribution in [0, 0.1) is 19.8 Å². The number of carbonyl (C=O) groups is 1. The van der Waals surface area contributed by atoms with Gasteiger partial charge in [-0.25, -0.2) is 0 Å². The Bertz CT molecular complexity index is 543. The first-order chi connectivity index (χ1) is 11.2. The summed E-state index contributed by atoms with van der Waals surface area (Å²) in [6.45, 7) is 7.19. The van der Waals surface area contributed by atoms with Gasteiger partial charge in [0.1, 0.15) is 0 Å². The van der Waals surface area contributed by atoms with Crippen molar-refractivity contribution in [2.75, 3.05) is 19.6 Å². The van der Waals surface area contributed by atoms with Crippen LogP contribution in [0.4, 0.5) is 0 Å². The first kappa shape index (κ1) is 19.3. The lowest BCUT2D eigenvalue weighted by atomic mass is 9.95. The average molecular weight is 354 g/mol. The van der Waals surface area contributed by atoms with E-state index in [9.17, 15) is 4.79 Å². The fourth-order valence-electron chi connectivity index (χ4n) is 4.34. The first-order valence-electron chi connectivity index (χ1n) is 9.34. The van der Waals surface area contributed by atoms with Crippen molar-refractivity contribution < 1.29 is 4.79 Å². The summed E-state index contributed by atoms with van der Waals surface area (Å²) in [5, 5.41) is 6.57. The minimum Gasteiger partial charge on any atom is -0.352 e. The number of nitrogens with one attached hydrogen (secondary N) is 2. The number of carbonyl (C=O) groups excluding carboxylic acids is 1. The topological polar surface area (TPSA) is 46.1 Å². The highest BCUT2D eigenvalue weighted by atomic mass is 35.5. The molecule has 0 radical (unpaired) electrons. The zero-order chi connectivity index (χ0) is 16.2. The molecule has 0 bridgehead atoms. The summed E-state index contributed by atoms with van der Waals surface area (Å²) in [6.07, 6.45) is 8.94. The molecule has 0 spiro atoms. The number of aryl methyl sites for hydroxylation is 1. The van der Waals surface area contributed by atoms with Gasteiger partial charge in [0.2, 0.25) is 0 Å². The first-order valence-corrected chi connectivity index (χ1v) is 9.34. The van der Waals surface area contributed by atoms with Crippen LogP contribution in [-0.4, -0.2) is 30.1 Å². The molecule has 5 heteroatoms. The predicted octanol–water partition coefficient (Wildman–Crippen LogP) is 3.76. The predicted molar refractivity (Wildman–Crippen MR) is 101 cm³/mol. The maximum atomic E-state index is 12.6. The zero-order valence-electron chi connectivity index (χ0n) is 15.1. The number of aromatic nitrogens is 1. The third-order valence-corrected chi connectivity index (χ3v) is 5.62. The van der Waals surface area contributed by atoms with Crippen molar-refractivity contribution in [2.45, 2.75) is 64.8 Å². The smallest absolute Gasteiger partial charge is 0.253 e. The number of halogens is 1. The molecule has 136 valence electrons. The monoisotopic (exact) mass is 353 g/mol. The summed E-state index contributed by atoms with van der Waals surface area (Å²) in [5.41, 5.74) is 3.25. The van der Waals surface area contributed by atoms with Crippen molar-refractivity contribution in [3.05, 3.63) is 23.0 Å². The van der Waals surface area contributed by atoms with Crippen LogP contribution in [-0.2, 0) is 0 Å². The second-order valence-electron chi connectivity index (χ2n) is 7.37. The molecule has 1 aliphatic carbocycles. The van der Waals surface area contributed by atoms with E-state index in [0.717, 1.165) is 30.9 Å². The van der Waals surface area contributed by atoms with Gasteiger partial charge < -0.3 is 15.2 Å². The molecule has 2 aliphatic rings. The van der Waals surface area contributed by atoms with E-state index in [1.165, 1.54) is 50.6 Å². The number of hydrogen-bond acceptors (Lipinski definition) is 2. The molecule has 1 amide bonds. The molecule has 2 N–H and O–H groups in total. The third kappa shape index (κ3) is 4.34. The molecule has 4 nitrogen and oxygen atoms in total. The van der Waals surface area contributed by atoms with Gasteiger partial charge in [0.15, 0.2) is 0 Å². The Morgan fingerprint density at radius 3 is 2.62 bits per heavy atom. The maximum absolute atomic E-state index is 12.6. The zero-order valence-corrected chi connectivity index (χ0v) is 15.9. The van der Waals surface area contributed by atoms with Gasteiger partial charge in [0.05, 0.1) is 5.56 Å². The largest absolute Gasteiger partial charge is 0.352 e. The normalized spacial score (nSPS) is 22.0. The number of rotatable bonds is 4. The van der Waals surface area contributed by atoms with Crippen molar-refractivity contribution >= 4 is 18.3 Å². The molecule has 2 heterocycles. The number of hydrogen-bond donors (Lipinski definition) is 2. The molecular weight excluding hydrogens is 322 g/mol. The highest BCUT2D eigenvalue weighted by Crippen LogP contribution is 2.32. The van der Waals surface area contributed by atoms with Gasteiger partial charge in [-0.05, 0) is 64.6 Å². The van der Waals surface area contributed by atoms with E-state index in [1.54, 1.807) is 0 Å². The Kier molecular flexibility index (Phi) is 7.17. The minimum absolute atomic E-state index is 0. The molecule has 1 aromatic rings. The van der Waals surface area contributed by atoms with Crippen LogP contribution in [0.3, 0.4) is 0 Å². The van der Waals surface area contributed by atoms with Crippen LogP contribution < -0.4 is 10.6 Å². The summed E-state index contributed by atoms with van der Waals surface area (Å²) in [6, 6.07) is 2.67. The Balaban J connectivity index is 0.00000208. The molecule has 24 heavy (non-hydrogen) atoms. The SMILES string of the molecule is Cc1cc(C(=O)NCC2CCCNC2)c(C)n1C1CCCCC1.Cl. The molecule has 0 aromatic carbocycles. The van der Waals surface area contributed by atoms with Gasteiger partial charge in [-0.2, -0.15) is 0 Å². The summed E-state index contributed by atoms with van der Waals surface area (Å²) in [5.74, 6) is 0.681. The molecule has 1 saturated carbocycles. The van der Waals surface area contributed by atoms with Crippen LogP contribution >= 0.6 is 12.4 Å². The van der Waals surface area contributed by atoms with Crippen molar-refractivity contribution in [2.24, 2.45) is 5.92 Å². The molecule has 1 atom stereocenters. The number of amides is 1. The fraction of sp³-hybridized carbons (Fsp3) is 0.737. The molecule has 3 rings (SSSR count). The van der Waals surface area contributed by atoms with Crippen molar-refractivity contribution in [1.82, 2.24) is 15.2 Å². The van der Waals surface area contributed by atoms with Gasteiger partial charge in [0, 0.05) is 24.0 Å². The van der Waals surface area contributed by atoms with E-state index in [1.807, 2.05) is 0 Å². The van der Waals surface area contributed by atoms with Gasteiger partial charge >= 0.3 is 0 Å². The second-order valence-corrected chi connectivity index (χ2v) is 7.37. The Morgan fingerprint density at radius 2 is 1.96 bits per heavy atom. The lowest BCUT2D eigenvalue weighted by molar-refractivity contribution is 0.0944. The van der Waals surface area contributed by atoms with E-state index in [-0.39, 0.29) is 18.3 Å². The highest BCUT2D eigenvalue weighted by Gasteiger charge is 2.23. The van der Waals surface area contributed by atoms with E-state index in [2.05, 4.69) is 35.1 Å². The minimum atomic E-state index is 0. The Hall–Kier alpha value is -1.000. The van der Waals surface area contributed by atoms with E-state index in [4.69, 9.17) is 0 Å². The second kappa shape index (κ2) is 8.91. The van der Waals surface area contributed by atoms with Gasteiger partial charge in [-0.3, -0.25) is 4.79 Å². The summed E-state index contributed by atoms with van der Waals surface area (Å²) in [7, 11) is 0. The van der Waals surface area contributed by atoms with Gasteiger partial charge in [0.25, 0.3) is 5.91 Å². The highest BCUT2D eigenvalue weighted by molar-refractivity contribution is 5.95. The summed E-state index contributed by atoms with van der Waals surface area (Å²) < 4.78 is 2.41. The van der Waals surface area contributed by atoms with E-state index in [0.29, 0.717) is 12.0 Å². The third-order valence-electron chi connectivity index (χ3n) is 5.62. The lowest BCUT2D eigenvalue weighted by Gasteiger charge is -2.26. The lowest BCUT2D eigenvalue weighted by Crippen LogP contribution is -2.38. The Morgan fingerprint density at radius 1 is 1.21 bits per heavy atom. The standard InChI is InChI=1S/C19H31N3O.ClH/c1-14-11-18(15(2)22(14)17-8-4-3-5-9-17)19(23)21-13-16-7-6-10-20-12-16;/h11,16-17,20H,3-10,12-13H2,1-2H3,(H,21,23);1H. The van der Waals surface area contributed by atoms with Crippen molar-refractivity contribution in [3.63, 3.8) is 0 Å². The van der Waals surface area contributed by atoms with E-state index >= 15 is 0 Å². The fourth-order valence-corrected chi connectivity index (χ4v) is 4.34.